The van der Waals surface area contributed by atoms with Gasteiger partial charge >= 0.3 is 0 Å². The van der Waals surface area contributed by atoms with Crippen LogP contribution in [-0.2, 0) is 6.61 Å². The predicted octanol–water partition coefficient (Wildman–Crippen LogP) is 5.74. The molecule has 0 radical (unpaired) electrons. The van der Waals surface area contributed by atoms with E-state index < -0.39 is 0 Å². The molecule has 1 heterocycles. The molecule has 0 bridgehead atoms. The molecule has 1 N–H and O–H groups in total. The fraction of sp³-hybridized carbons (Fsp3) is 0.208. The van der Waals surface area contributed by atoms with Gasteiger partial charge in [0, 0.05) is 5.56 Å². The smallest absolute Gasteiger partial charge is 0.161 e. The first-order valence-electron chi connectivity index (χ1n) is 9.38. The zero-order valence-corrected chi connectivity index (χ0v) is 16.7. The van der Waals surface area contributed by atoms with Crippen molar-refractivity contribution in [3.8, 4) is 22.9 Å². The van der Waals surface area contributed by atoms with Crippen LogP contribution < -0.4 is 9.47 Å². The van der Waals surface area contributed by atoms with E-state index in [1.807, 2.05) is 42.5 Å². The Morgan fingerprint density at radius 3 is 2.43 bits per heavy atom. The van der Waals surface area contributed by atoms with Gasteiger partial charge in [0.15, 0.2) is 11.5 Å². The lowest BCUT2D eigenvalue weighted by molar-refractivity contribution is 0.284. The summed E-state index contributed by atoms with van der Waals surface area (Å²) in [5, 5.41) is 0. The highest BCUT2D eigenvalue weighted by Crippen LogP contribution is 2.33. The van der Waals surface area contributed by atoms with Crippen molar-refractivity contribution in [1.82, 2.24) is 9.97 Å². The Labute approximate surface area is 165 Å². The van der Waals surface area contributed by atoms with Crippen LogP contribution >= 0.6 is 0 Å². The average Bonchev–Trinajstić information content (AvgIpc) is 3.14. The first-order valence-corrected chi connectivity index (χ1v) is 9.38. The Hall–Kier alpha value is -3.27. The number of H-pyrrole nitrogens is 1. The van der Waals surface area contributed by atoms with Crippen LogP contribution in [0, 0.1) is 20.8 Å². The molecular weight excluding hydrogens is 348 g/mol. The minimum absolute atomic E-state index is 0.507. The van der Waals surface area contributed by atoms with Crippen molar-refractivity contribution in [3.63, 3.8) is 0 Å². The second-order valence-electron chi connectivity index (χ2n) is 7.12. The summed E-state index contributed by atoms with van der Waals surface area (Å²) in [6.07, 6.45) is 0. The number of aromatic nitrogens is 2. The lowest BCUT2D eigenvalue weighted by Gasteiger charge is -2.14. The Morgan fingerprint density at radius 1 is 0.857 bits per heavy atom. The van der Waals surface area contributed by atoms with Crippen molar-refractivity contribution in [1.29, 1.82) is 0 Å². The molecular formula is C24H24N2O2. The van der Waals surface area contributed by atoms with E-state index in [2.05, 4.69) is 42.9 Å². The van der Waals surface area contributed by atoms with Crippen molar-refractivity contribution in [2.24, 2.45) is 0 Å². The van der Waals surface area contributed by atoms with Crippen molar-refractivity contribution in [3.05, 3.63) is 76.9 Å². The maximum atomic E-state index is 6.08. The number of methoxy groups -OCH3 is 1. The standard InChI is InChI=1S/C24H24N2O2/c1-15-11-17(3)19(12-16(15)2)14-28-22-10-9-18(13-23(22)27-4)24-25-20-7-5-6-8-21(20)26-24/h5-13H,14H2,1-4H3,(H,25,26). The quantitative estimate of drug-likeness (QED) is 0.486. The van der Waals surface area contributed by atoms with Gasteiger partial charge in [-0.3, -0.25) is 0 Å². The maximum Gasteiger partial charge on any atom is 0.161 e. The molecule has 28 heavy (non-hydrogen) atoms. The van der Waals surface area contributed by atoms with Gasteiger partial charge in [-0.25, -0.2) is 4.98 Å². The SMILES string of the molecule is COc1cc(-c2nc3ccccc3[nH]2)ccc1OCc1cc(C)c(C)cc1C. The lowest BCUT2D eigenvalue weighted by Crippen LogP contribution is -2.01. The zero-order valence-electron chi connectivity index (χ0n) is 16.7. The number of benzene rings is 3. The molecule has 3 aromatic carbocycles. The number of aromatic amines is 1. The normalized spacial score (nSPS) is 11.0. The van der Waals surface area contributed by atoms with Crippen LogP contribution in [-0.4, -0.2) is 17.1 Å². The van der Waals surface area contributed by atoms with Crippen molar-refractivity contribution in [2.75, 3.05) is 7.11 Å². The number of fused-ring (bicyclic) bond motifs is 1. The minimum atomic E-state index is 0.507. The number of nitrogens with zero attached hydrogens (tertiary/aromatic N) is 1. The molecule has 0 aliphatic carbocycles. The predicted molar refractivity (Wildman–Crippen MR) is 113 cm³/mol. The summed E-state index contributed by atoms with van der Waals surface area (Å²) in [5.74, 6) is 2.23. The number of para-hydroxylation sites is 2. The Bertz CT molecular complexity index is 1110. The van der Waals surface area contributed by atoms with Crippen molar-refractivity contribution in [2.45, 2.75) is 27.4 Å². The maximum absolute atomic E-state index is 6.08. The molecule has 0 aliphatic heterocycles. The third-order valence-corrected chi connectivity index (χ3v) is 5.16. The molecule has 0 saturated heterocycles. The number of ether oxygens (including phenoxy) is 2. The molecule has 4 heteroatoms. The lowest BCUT2D eigenvalue weighted by atomic mass is 10.0. The van der Waals surface area contributed by atoms with E-state index >= 15 is 0 Å². The molecule has 0 saturated carbocycles. The van der Waals surface area contributed by atoms with E-state index in [-0.39, 0.29) is 0 Å². The molecule has 4 nitrogen and oxygen atoms in total. The van der Waals surface area contributed by atoms with E-state index in [1.165, 1.54) is 22.3 Å². The minimum Gasteiger partial charge on any atom is -0.493 e. The van der Waals surface area contributed by atoms with Gasteiger partial charge in [-0.2, -0.15) is 0 Å². The molecule has 0 fully saturated rings. The van der Waals surface area contributed by atoms with Gasteiger partial charge in [-0.15, -0.1) is 0 Å². The van der Waals surface area contributed by atoms with Crippen LogP contribution in [0.1, 0.15) is 22.3 Å². The summed E-state index contributed by atoms with van der Waals surface area (Å²) in [5.41, 5.74) is 7.92. The highest BCUT2D eigenvalue weighted by molar-refractivity contribution is 5.79. The van der Waals surface area contributed by atoms with E-state index in [9.17, 15) is 0 Å². The highest BCUT2D eigenvalue weighted by atomic mass is 16.5. The van der Waals surface area contributed by atoms with Gasteiger partial charge in [0.2, 0.25) is 0 Å². The van der Waals surface area contributed by atoms with Gasteiger partial charge in [-0.1, -0.05) is 24.3 Å². The second kappa shape index (κ2) is 7.39. The first kappa shape index (κ1) is 18.1. The van der Waals surface area contributed by atoms with Gasteiger partial charge < -0.3 is 14.5 Å². The molecule has 4 aromatic rings. The van der Waals surface area contributed by atoms with Crippen molar-refractivity contribution < 1.29 is 9.47 Å². The van der Waals surface area contributed by atoms with E-state index in [1.54, 1.807) is 7.11 Å². The largest absolute Gasteiger partial charge is 0.493 e. The number of hydrogen-bond donors (Lipinski definition) is 1. The molecule has 4 rings (SSSR count). The summed E-state index contributed by atoms with van der Waals surface area (Å²) in [4.78, 5) is 8.01. The molecule has 0 spiro atoms. The van der Waals surface area contributed by atoms with Gasteiger partial charge in [0.25, 0.3) is 0 Å². The summed E-state index contributed by atoms with van der Waals surface area (Å²) in [7, 11) is 1.66. The molecule has 0 amide bonds. The van der Waals surface area contributed by atoms with Crippen molar-refractivity contribution >= 4 is 11.0 Å². The van der Waals surface area contributed by atoms with Crippen LogP contribution in [0.3, 0.4) is 0 Å². The fourth-order valence-corrected chi connectivity index (χ4v) is 3.35. The Balaban J connectivity index is 1.59. The number of nitrogens with one attached hydrogen (secondary N) is 1. The summed E-state index contributed by atoms with van der Waals surface area (Å²) >= 11 is 0. The number of rotatable bonds is 5. The number of hydrogen-bond acceptors (Lipinski definition) is 3. The average molecular weight is 372 g/mol. The van der Waals surface area contributed by atoms with E-state index in [4.69, 9.17) is 9.47 Å². The summed E-state index contributed by atoms with van der Waals surface area (Å²) in [6, 6.07) is 18.3. The van der Waals surface area contributed by atoms with E-state index in [0.717, 1.165) is 28.2 Å². The molecule has 0 atom stereocenters. The Morgan fingerprint density at radius 2 is 1.64 bits per heavy atom. The van der Waals surface area contributed by atoms with Gasteiger partial charge in [-0.05, 0) is 73.4 Å². The van der Waals surface area contributed by atoms with Crippen LogP contribution in [0.4, 0.5) is 0 Å². The molecule has 142 valence electrons. The van der Waals surface area contributed by atoms with Crippen LogP contribution in [0.5, 0.6) is 11.5 Å². The molecule has 0 unspecified atom stereocenters. The third-order valence-electron chi connectivity index (χ3n) is 5.16. The first-order chi connectivity index (χ1) is 13.5. The van der Waals surface area contributed by atoms with Crippen LogP contribution in [0.15, 0.2) is 54.6 Å². The zero-order chi connectivity index (χ0) is 19.7. The highest BCUT2D eigenvalue weighted by Gasteiger charge is 2.11. The third kappa shape index (κ3) is 3.46. The van der Waals surface area contributed by atoms with Crippen LogP contribution in [0.2, 0.25) is 0 Å². The van der Waals surface area contributed by atoms with Crippen LogP contribution in [0.25, 0.3) is 22.4 Å². The topological polar surface area (TPSA) is 47.1 Å². The monoisotopic (exact) mass is 372 g/mol. The molecule has 0 aliphatic rings. The molecule has 1 aromatic heterocycles. The van der Waals surface area contributed by atoms with E-state index in [0.29, 0.717) is 12.4 Å². The fourth-order valence-electron chi connectivity index (χ4n) is 3.35. The summed E-state index contributed by atoms with van der Waals surface area (Å²) < 4.78 is 11.7. The number of aryl methyl sites for hydroxylation is 3. The van der Waals surface area contributed by atoms with Gasteiger partial charge in [0.1, 0.15) is 12.4 Å². The Kier molecular flexibility index (Phi) is 4.78. The summed E-state index contributed by atoms with van der Waals surface area (Å²) in [6.45, 7) is 6.88. The second-order valence-corrected chi connectivity index (χ2v) is 7.12. The van der Waals surface area contributed by atoms with Gasteiger partial charge in [0.05, 0.1) is 18.1 Å². The number of imidazole rings is 1.